The number of halogens is 1. The molecule has 0 fully saturated rings. The summed E-state index contributed by atoms with van der Waals surface area (Å²) in [4.78, 5) is 0. The molecule has 0 aliphatic carbocycles. The first-order chi connectivity index (χ1) is 9.97. The Labute approximate surface area is 133 Å². The molecule has 3 N–H and O–H groups in total. The van der Waals surface area contributed by atoms with Gasteiger partial charge in [0, 0.05) is 13.5 Å². The van der Waals surface area contributed by atoms with Crippen molar-refractivity contribution in [3.05, 3.63) is 45.2 Å². The van der Waals surface area contributed by atoms with Gasteiger partial charge >= 0.3 is 0 Å². The molecule has 1 atom stereocenters. The average molecular weight is 353 g/mol. The van der Waals surface area contributed by atoms with E-state index in [1.807, 2.05) is 37.7 Å². The SMILES string of the molecule is COc1ccc(C(Cc2c(Br)c(C)nn2C)NN)cc1C. The van der Waals surface area contributed by atoms with E-state index in [-0.39, 0.29) is 6.04 Å². The van der Waals surface area contributed by atoms with Crippen LogP contribution in [-0.2, 0) is 13.5 Å². The van der Waals surface area contributed by atoms with Crippen molar-refractivity contribution < 1.29 is 4.74 Å². The van der Waals surface area contributed by atoms with Gasteiger partial charge in [0.25, 0.3) is 0 Å². The Morgan fingerprint density at radius 2 is 2.14 bits per heavy atom. The summed E-state index contributed by atoms with van der Waals surface area (Å²) in [7, 11) is 3.62. The zero-order valence-electron chi connectivity index (χ0n) is 12.8. The second-order valence-corrected chi connectivity index (χ2v) is 5.92. The molecular weight excluding hydrogens is 332 g/mol. The highest BCUT2D eigenvalue weighted by atomic mass is 79.9. The first kappa shape index (κ1) is 16.0. The van der Waals surface area contributed by atoms with Gasteiger partial charge in [-0.2, -0.15) is 5.10 Å². The summed E-state index contributed by atoms with van der Waals surface area (Å²) in [6, 6.07) is 6.12. The fourth-order valence-electron chi connectivity index (χ4n) is 2.49. The fourth-order valence-corrected chi connectivity index (χ4v) is 2.98. The van der Waals surface area contributed by atoms with Crippen LogP contribution in [0, 0.1) is 13.8 Å². The molecule has 0 spiro atoms. The molecule has 1 aromatic carbocycles. The monoisotopic (exact) mass is 352 g/mol. The summed E-state index contributed by atoms with van der Waals surface area (Å²) >= 11 is 3.60. The summed E-state index contributed by atoms with van der Waals surface area (Å²) in [5.74, 6) is 6.64. The molecule has 0 aliphatic rings. The van der Waals surface area contributed by atoms with Crippen molar-refractivity contribution in [2.45, 2.75) is 26.3 Å². The van der Waals surface area contributed by atoms with E-state index >= 15 is 0 Å². The molecule has 21 heavy (non-hydrogen) atoms. The van der Waals surface area contributed by atoms with Crippen molar-refractivity contribution in [2.24, 2.45) is 12.9 Å². The Balaban J connectivity index is 2.30. The van der Waals surface area contributed by atoms with Gasteiger partial charge in [0.05, 0.1) is 29.0 Å². The normalized spacial score (nSPS) is 12.5. The zero-order chi connectivity index (χ0) is 15.6. The number of ether oxygens (including phenoxy) is 1. The number of methoxy groups -OCH3 is 1. The average Bonchev–Trinajstić information content (AvgIpc) is 2.70. The Morgan fingerprint density at radius 3 is 2.62 bits per heavy atom. The standard InChI is InChI=1S/C15H21BrN4O/c1-9-7-11(5-6-14(9)21-4)12(18-17)8-13-15(16)10(2)19-20(13)3/h5-7,12,18H,8,17H2,1-4H3. The molecule has 6 heteroatoms. The number of aryl methyl sites for hydroxylation is 3. The van der Waals surface area contributed by atoms with Crippen LogP contribution >= 0.6 is 15.9 Å². The second-order valence-electron chi connectivity index (χ2n) is 5.12. The van der Waals surface area contributed by atoms with Crippen molar-refractivity contribution in [3.8, 4) is 5.75 Å². The summed E-state index contributed by atoms with van der Waals surface area (Å²) in [6.45, 7) is 4.01. The molecule has 1 unspecified atom stereocenters. The van der Waals surface area contributed by atoms with Crippen molar-refractivity contribution >= 4 is 15.9 Å². The molecule has 2 rings (SSSR count). The van der Waals surface area contributed by atoms with Crippen molar-refractivity contribution in [3.63, 3.8) is 0 Å². The molecule has 0 amide bonds. The summed E-state index contributed by atoms with van der Waals surface area (Å²) in [5, 5.41) is 4.42. The minimum atomic E-state index is 0.0145. The van der Waals surface area contributed by atoms with Crippen LogP contribution in [-0.4, -0.2) is 16.9 Å². The first-order valence-corrected chi connectivity index (χ1v) is 7.55. The summed E-state index contributed by atoms with van der Waals surface area (Å²) < 4.78 is 8.23. The predicted molar refractivity (Wildman–Crippen MR) is 87.1 cm³/mol. The number of hydrazine groups is 1. The minimum Gasteiger partial charge on any atom is -0.496 e. The van der Waals surface area contributed by atoms with Crippen LogP contribution in [0.1, 0.15) is 28.6 Å². The van der Waals surface area contributed by atoms with Crippen LogP contribution in [0.2, 0.25) is 0 Å². The van der Waals surface area contributed by atoms with Crippen LogP contribution in [0.4, 0.5) is 0 Å². The summed E-state index contributed by atoms with van der Waals surface area (Å²) in [6.07, 6.45) is 0.750. The van der Waals surface area contributed by atoms with Gasteiger partial charge in [-0.3, -0.25) is 16.0 Å². The highest BCUT2D eigenvalue weighted by Crippen LogP contribution is 2.28. The molecule has 2 aromatic rings. The van der Waals surface area contributed by atoms with E-state index in [2.05, 4.69) is 32.5 Å². The molecule has 0 radical (unpaired) electrons. The van der Waals surface area contributed by atoms with E-state index in [0.717, 1.165) is 39.2 Å². The molecule has 0 aliphatic heterocycles. The molecular formula is C15H21BrN4O. The minimum absolute atomic E-state index is 0.0145. The number of nitrogens with two attached hydrogens (primary N) is 1. The van der Waals surface area contributed by atoms with Crippen molar-refractivity contribution in [2.75, 3.05) is 7.11 Å². The number of nitrogens with zero attached hydrogens (tertiary/aromatic N) is 2. The van der Waals surface area contributed by atoms with Gasteiger partial charge in [-0.15, -0.1) is 0 Å². The third-order valence-electron chi connectivity index (χ3n) is 3.68. The number of rotatable bonds is 5. The molecule has 5 nitrogen and oxygen atoms in total. The van der Waals surface area contributed by atoms with Crippen LogP contribution in [0.25, 0.3) is 0 Å². The van der Waals surface area contributed by atoms with Gasteiger partial charge in [0.2, 0.25) is 0 Å². The largest absolute Gasteiger partial charge is 0.496 e. The number of nitrogens with one attached hydrogen (secondary N) is 1. The molecule has 0 saturated carbocycles. The highest BCUT2D eigenvalue weighted by Gasteiger charge is 2.18. The smallest absolute Gasteiger partial charge is 0.121 e. The van der Waals surface area contributed by atoms with Crippen molar-refractivity contribution in [1.82, 2.24) is 15.2 Å². The molecule has 1 aromatic heterocycles. The lowest BCUT2D eigenvalue weighted by Crippen LogP contribution is -2.30. The van der Waals surface area contributed by atoms with E-state index in [0.29, 0.717) is 0 Å². The van der Waals surface area contributed by atoms with Crippen LogP contribution in [0.3, 0.4) is 0 Å². The lowest BCUT2D eigenvalue weighted by atomic mass is 10.00. The predicted octanol–water partition coefficient (Wildman–Crippen LogP) is 2.56. The number of hydrogen-bond acceptors (Lipinski definition) is 4. The van der Waals surface area contributed by atoms with Crippen molar-refractivity contribution in [1.29, 1.82) is 0 Å². The Bertz CT molecular complexity index is 639. The maximum atomic E-state index is 5.75. The maximum absolute atomic E-state index is 5.75. The molecule has 1 heterocycles. The Morgan fingerprint density at radius 1 is 1.43 bits per heavy atom. The van der Waals surface area contributed by atoms with E-state index in [1.165, 1.54) is 0 Å². The third-order valence-corrected chi connectivity index (χ3v) is 4.71. The van der Waals surface area contributed by atoms with E-state index in [4.69, 9.17) is 10.6 Å². The number of benzene rings is 1. The molecule has 114 valence electrons. The van der Waals surface area contributed by atoms with Gasteiger partial charge in [-0.1, -0.05) is 12.1 Å². The third kappa shape index (κ3) is 3.28. The van der Waals surface area contributed by atoms with E-state index < -0.39 is 0 Å². The molecule has 0 saturated heterocycles. The van der Waals surface area contributed by atoms with E-state index in [1.54, 1.807) is 7.11 Å². The fraction of sp³-hybridized carbons (Fsp3) is 0.400. The van der Waals surface area contributed by atoms with Crippen LogP contribution < -0.4 is 16.0 Å². The van der Waals surface area contributed by atoms with Gasteiger partial charge in [-0.05, 0) is 47.0 Å². The van der Waals surface area contributed by atoms with Gasteiger partial charge < -0.3 is 4.74 Å². The lowest BCUT2D eigenvalue weighted by Gasteiger charge is -2.18. The number of aromatic nitrogens is 2. The maximum Gasteiger partial charge on any atom is 0.121 e. The Hall–Kier alpha value is -1.37. The van der Waals surface area contributed by atoms with Gasteiger partial charge in [0.1, 0.15) is 5.75 Å². The van der Waals surface area contributed by atoms with Crippen LogP contribution in [0.15, 0.2) is 22.7 Å². The second kappa shape index (κ2) is 6.60. The topological polar surface area (TPSA) is 65.1 Å². The number of hydrogen-bond donors (Lipinski definition) is 2. The lowest BCUT2D eigenvalue weighted by molar-refractivity contribution is 0.411. The Kier molecular flexibility index (Phi) is 5.03. The van der Waals surface area contributed by atoms with Crippen LogP contribution in [0.5, 0.6) is 5.75 Å². The first-order valence-electron chi connectivity index (χ1n) is 6.76. The van der Waals surface area contributed by atoms with E-state index in [9.17, 15) is 0 Å². The molecule has 0 bridgehead atoms. The quantitative estimate of drug-likeness (QED) is 0.641. The van der Waals surface area contributed by atoms with Gasteiger partial charge in [-0.25, -0.2) is 0 Å². The van der Waals surface area contributed by atoms with Gasteiger partial charge in [0.15, 0.2) is 0 Å². The zero-order valence-corrected chi connectivity index (χ0v) is 14.4. The summed E-state index contributed by atoms with van der Waals surface area (Å²) in [5.41, 5.74) is 7.21. The highest BCUT2D eigenvalue weighted by molar-refractivity contribution is 9.10.